The highest BCUT2D eigenvalue weighted by atomic mass is 35.5. The summed E-state index contributed by atoms with van der Waals surface area (Å²) < 4.78 is 0. The van der Waals surface area contributed by atoms with Gasteiger partial charge in [-0.2, -0.15) is 0 Å². The van der Waals surface area contributed by atoms with Crippen molar-refractivity contribution in [3.8, 4) is 0 Å². The Morgan fingerprint density at radius 3 is 2.54 bits per heavy atom. The predicted octanol–water partition coefficient (Wildman–Crippen LogP) is 3.70. The Kier molecular flexibility index (Phi) is 6.66. The first-order chi connectivity index (χ1) is 13.1. The van der Waals surface area contributed by atoms with Crippen molar-refractivity contribution >= 4 is 29.9 Å². The van der Waals surface area contributed by atoms with Gasteiger partial charge in [0.15, 0.2) is 0 Å². The van der Waals surface area contributed by atoms with E-state index in [0.29, 0.717) is 17.4 Å². The van der Waals surface area contributed by atoms with Crippen LogP contribution in [0.2, 0.25) is 0 Å². The van der Waals surface area contributed by atoms with E-state index in [4.69, 9.17) is 0 Å². The molecule has 2 amide bonds. The zero-order valence-electron chi connectivity index (χ0n) is 16.7. The molecule has 28 heavy (non-hydrogen) atoms. The second kappa shape index (κ2) is 8.83. The fourth-order valence-corrected chi connectivity index (χ4v) is 5.04. The number of likely N-dealkylation sites (tertiary alicyclic amines) is 1. The van der Waals surface area contributed by atoms with Gasteiger partial charge in [0.1, 0.15) is 0 Å². The number of piperidine rings is 1. The van der Waals surface area contributed by atoms with Gasteiger partial charge in [-0.25, -0.2) is 0 Å². The van der Waals surface area contributed by atoms with Crippen LogP contribution in [-0.4, -0.2) is 42.9 Å². The number of fused-ring (bicyclic) bond motifs is 1. The van der Waals surface area contributed by atoms with Crippen molar-refractivity contribution in [1.29, 1.82) is 0 Å². The highest BCUT2D eigenvalue weighted by molar-refractivity contribution is 5.98. The number of nitrogens with zero attached hydrogens (tertiary/aromatic N) is 1. The first-order valence-electron chi connectivity index (χ1n) is 10.5. The molecule has 1 aliphatic carbocycles. The molecule has 2 N–H and O–H groups in total. The fourth-order valence-electron chi connectivity index (χ4n) is 5.04. The van der Waals surface area contributed by atoms with Gasteiger partial charge >= 0.3 is 0 Å². The lowest BCUT2D eigenvalue weighted by Gasteiger charge is -2.37. The average Bonchev–Trinajstić information content (AvgIpc) is 3.14. The zero-order valence-corrected chi connectivity index (χ0v) is 17.5. The molecule has 1 aromatic carbocycles. The highest BCUT2D eigenvalue weighted by Crippen LogP contribution is 2.44. The van der Waals surface area contributed by atoms with E-state index in [9.17, 15) is 9.59 Å². The van der Waals surface area contributed by atoms with Crippen molar-refractivity contribution in [3.05, 3.63) is 29.8 Å². The molecule has 6 heteroatoms. The molecular formula is C22H32ClN3O2. The number of hydrogen-bond acceptors (Lipinski definition) is 3. The molecule has 0 unspecified atom stereocenters. The van der Waals surface area contributed by atoms with Crippen LogP contribution in [-0.2, 0) is 4.79 Å². The third-order valence-electron chi connectivity index (χ3n) is 6.95. The summed E-state index contributed by atoms with van der Waals surface area (Å²) >= 11 is 0. The van der Waals surface area contributed by atoms with Gasteiger partial charge in [-0.05, 0) is 68.3 Å². The third kappa shape index (κ3) is 4.06. The molecule has 0 aromatic heterocycles. The summed E-state index contributed by atoms with van der Waals surface area (Å²) in [5.41, 5.74) is 1.24. The maximum atomic E-state index is 13.0. The maximum Gasteiger partial charge on any atom is 0.253 e. The van der Waals surface area contributed by atoms with Gasteiger partial charge in [-0.3, -0.25) is 9.59 Å². The number of hydrogen-bond donors (Lipinski definition) is 2. The molecule has 2 heterocycles. The van der Waals surface area contributed by atoms with Gasteiger partial charge in [0.2, 0.25) is 5.91 Å². The van der Waals surface area contributed by atoms with Crippen LogP contribution in [0.1, 0.15) is 55.8 Å². The van der Waals surface area contributed by atoms with E-state index in [1.54, 1.807) is 0 Å². The van der Waals surface area contributed by atoms with Gasteiger partial charge in [-0.15, -0.1) is 12.4 Å². The lowest BCUT2D eigenvalue weighted by molar-refractivity contribution is -0.128. The Hall–Kier alpha value is -1.59. The summed E-state index contributed by atoms with van der Waals surface area (Å²) in [5.74, 6) is 1.40. The Balaban J connectivity index is 0.00000225. The van der Waals surface area contributed by atoms with E-state index in [-0.39, 0.29) is 29.6 Å². The predicted molar refractivity (Wildman–Crippen MR) is 114 cm³/mol. The normalized spacial score (nSPS) is 27.6. The lowest BCUT2D eigenvalue weighted by Crippen LogP contribution is -2.44. The molecule has 2 saturated heterocycles. The molecule has 4 rings (SSSR count). The minimum atomic E-state index is -0.253. The van der Waals surface area contributed by atoms with Crippen molar-refractivity contribution in [2.75, 3.05) is 31.5 Å². The monoisotopic (exact) mass is 405 g/mol. The van der Waals surface area contributed by atoms with E-state index in [2.05, 4.69) is 17.6 Å². The largest absolute Gasteiger partial charge is 0.339 e. The van der Waals surface area contributed by atoms with Crippen LogP contribution < -0.4 is 10.6 Å². The SMILES string of the molecule is CC1CCN(C(=O)c2ccc(NC(=O)[C@@]34CCCC[C@H]3CNC4)cc2)CC1.Cl. The van der Waals surface area contributed by atoms with E-state index in [1.165, 1.54) is 6.42 Å². The standard InChI is InChI=1S/C22H31N3O2.ClH/c1-16-9-12-25(13-10-16)20(26)17-5-7-19(8-6-17)24-21(27)22-11-3-2-4-18(22)14-23-15-22;/h5-8,16,18,23H,2-4,9-15H2,1H3,(H,24,27);1H/t18-,22+;/m0./s1. The molecule has 1 saturated carbocycles. The Morgan fingerprint density at radius 1 is 1.11 bits per heavy atom. The molecule has 2 atom stereocenters. The first-order valence-corrected chi connectivity index (χ1v) is 10.5. The lowest BCUT2D eigenvalue weighted by atomic mass is 9.67. The zero-order chi connectivity index (χ0) is 18.9. The Labute approximate surface area is 174 Å². The summed E-state index contributed by atoms with van der Waals surface area (Å²) in [6.07, 6.45) is 6.64. The molecule has 3 aliphatic rings. The van der Waals surface area contributed by atoms with E-state index in [0.717, 1.165) is 64.0 Å². The molecule has 3 fully saturated rings. The van der Waals surface area contributed by atoms with Crippen molar-refractivity contribution in [3.63, 3.8) is 0 Å². The molecule has 5 nitrogen and oxygen atoms in total. The summed E-state index contributed by atoms with van der Waals surface area (Å²) in [4.78, 5) is 27.7. The molecule has 2 aliphatic heterocycles. The number of carbonyl (C=O) groups excluding carboxylic acids is 2. The third-order valence-corrected chi connectivity index (χ3v) is 6.95. The topological polar surface area (TPSA) is 61.4 Å². The van der Waals surface area contributed by atoms with Gasteiger partial charge in [0.05, 0.1) is 5.41 Å². The van der Waals surface area contributed by atoms with Crippen LogP contribution in [0.4, 0.5) is 5.69 Å². The number of nitrogens with one attached hydrogen (secondary N) is 2. The summed E-state index contributed by atoms with van der Waals surface area (Å²) in [7, 11) is 0. The maximum absolute atomic E-state index is 13.0. The smallest absolute Gasteiger partial charge is 0.253 e. The van der Waals surface area contributed by atoms with Crippen molar-refractivity contribution < 1.29 is 9.59 Å². The van der Waals surface area contributed by atoms with Crippen LogP contribution in [0.5, 0.6) is 0 Å². The number of benzene rings is 1. The minimum absolute atomic E-state index is 0. The second-order valence-corrected chi connectivity index (χ2v) is 8.74. The minimum Gasteiger partial charge on any atom is -0.339 e. The van der Waals surface area contributed by atoms with Gasteiger partial charge in [0, 0.05) is 30.9 Å². The van der Waals surface area contributed by atoms with Crippen molar-refractivity contribution in [2.24, 2.45) is 17.3 Å². The molecular weight excluding hydrogens is 374 g/mol. The summed E-state index contributed by atoms with van der Waals surface area (Å²) in [5, 5.41) is 6.55. The second-order valence-electron chi connectivity index (χ2n) is 8.74. The molecule has 0 spiro atoms. The number of halogens is 1. The Morgan fingerprint density at radius 2 is 1.82 bits per heavy atom. The average molecular weight is 406 g/mol. The fraction of sp³-hybridized carbons (Fsp3) is 0.636. The highest BCUT2D eigenvalue weighted by Gasteiger charge is 2.49. The van der Waals surface area contributed by atoms with Crippen molar-refractivity contribution in [2.45, 2.75) is 45.4 Å². The molecule has 1 aromatic rings. The molecule has 0 radical (unpaired) electrons. The van der Waals surface area contributed by atoms with E-state index >= 15 is 0 Å². The van der Waals surface area contributed by atoms with Gasteiger partial charge < -0.3 is 15.5 Å². The number of rotatable bonds is 3. The van der Waals surface area contributed by atoms with Crippen molar-refractivity contribution in [1.82, 2.24) is 10.2 Å². The summed E-state index contributed by atoms with van der Waals surface area (Å²) in [6, 6.07) is 7.43. The number of amides is 2. The van der Waals surface area contributed by atoms with Crippen LogP contribution in [0, 0.1) is 17.3 Å². The van der Waals surface area contributed by atoms with Gasteiger partial charge in [0.25, 0.3) is 5.91 Å². The molecule has 0 bridgehead atoms. The van der Waals surface area contributed by atoms with Gasteiger partial charge in [-0.1, -0.05) is 19.8 Å². The number of carbonyl (C=O) groups is 2. The molecule has 154 valence electrons. The quantitative estimate of drug-likeness (QED) is 0.806. The Bertz CT molecular complexity index is 700. The first kappa shape index (κ1) is 21.1. The van der Waals surface area contributed by atoms with Crippen LogP contribution in [0.25, 0.3) is 0 Å². The van der Waals surface area contributed by atoms with E-state index in [1.807, 2.05) is 29.2 Å². The number of anilines is 1. The van der Waals surface area contributed by atoms with Crippen LogP contribution in [0.15, 0.2) is 24.3 Å². The van der Waals surface area contributed by atoms with Crippen LogP contribution >= 0.6 is 12.4 Å². The summed E-state index contributed by atoms with van der Waals surface area (Å²) in [6.45, 7) is 5.67. The van der Waals surface area contributed by atoms with E-state index < -0.39 is 0 Å². The van der Waals surface area contributed by atoms with Crippen LogP contribution in [0.3, 0.4) is 0 Å².